The molecule has 0 saturated carbocycles. The summed E-state index contributed by atoms with van der Waals surface area (Å²) in [6.45, 7) is 0. The first-order valence-corrected chi connectivity index (χ1v) is 8.81. The van der Waals surface area contributed by atoms with Crippen molar-refractivity contribution < 1.29 is 23.2 Å². The van der Waals surface area contributed by atoms with Crippen LogP contribution >= 0.6 is 12.0 Å². The van der Waals surface area contributed by atoms with E-state index in [1.807, 2.05) is 30.3 Å². The highest BCUT2D eigenvalue weighted by Crippen LogP contribution is 2.41. The van der Waals surface area contributed by atoms with Crippen molar-refractivity contribution in [2.75, 3.05) is 14.2 Å². The lowest BCUT2D eigenvalue weighted by atomic mass is 10.0. The average Bonchev–Trinajstić information content (AvgIpc) is 2.96. The highest BCUT2D eigenvalue weighted by molar-refractivity contribution is 7.94. The predicted molar refractivity (Wildman–Crippen MR) is 98.4 cm³/mol. The Kier molecular flexibility index (Phi) is 5.58. The molecule has 0 aromatic heterocycles. The Morgan fingerprint density at radius 3 is 2.54 bits per heavy atom. The summed E-state index contributed by atoms with van der Waals surface area (Å²) in [4.78, 5) is 12.7. The van der Waals surface area contributed by atoms with Gasteiger partial charge in [-0.2, -0.15) is 0 Å². The van der Waals surface area contributed by atoms with Crippen LogP contribution in [-0.4, -0.2) is 20.0 Å². The molecule has 0 saturated heterocycles. The number of Topliss-reactive ketones (excluding diaryl/α,β-unsaturated/α-hetero) is 1. The Bertz CT molecular complexity index is 822. The maximum Gasteiger partial charge on any atom is 0.249 e. The predicted octanol–water partition coefficient (Wildman–Crippen LogP) is 3.34. The molecule has 1 aliphatic heterocycles. The van der Waals surface area contributed by atoms with Gasteiger partial charge in [0.2, 0.25) is 17.4 Å². The van der Waals surface area contributed by atoms with Gasteiger partial charge in [-0.1, -0.05) is 42.5 Å². The third kappa shape index (κ3) is 3.57. The smallest absolute Gasteiger partial charge is 0.249 e. The van der Waals surface area contributed by atoms with E-state index in [0.29, 0.717) is 22.8 Å². The molecule has 2 N–H and O–H groups in total. The van der Waals surface area contributed by atoms with Crippen LogP contribution in [0.2, 0.25) is 0 Å². The Hall–Kier alpha value is -2.80. The van der Waals surface area contributed by atoms with Crippen LogP contribution in [0.1, 0.15) is 17.2 Å². The first-order chi connectivity index (χ1) is 12.7. The number of carbonyl (C=O) groups is 1. The van der Waals surface area contributed by atoms with Crippen molar-refractivity contribution >= 4 is 17.8 Å². The molecule has 1 aliphatic rings. The Morgan fingerprint density at radius 2 is 1.85 bits per heavy atom. The van der Waals surface area contributed by atoms with E-state index in [1.54, 1.807) is 18.2 Å². The summed E-state index contributed by atoms with van der Waals surface area (Å²) >= 11 is 1.13. The van der Waals surface area contributed by atoms with Crippen LogP contribution in [0.5, 0.6) is 11.5 Å². The number of carbonyl (C=O) groups excluding carboxylic acids is 1. The highest BCUT2D eigenvalue weighted by Gasteiger charge is 2.39. The zero-order chi connectivity index (χ0) is 18.5. The average molecular weight is 373 g/mol. The van der Waals surface area contributed by atoms with Crippen molar-refractivity contribution in [3.63, 3.8) is 0 Å². The van der Waals surface area contributed by atoms with Crippen molar-refractivity contribution in [1.82, 2.24) is 0 Å². The van der Waals surface area contributed by atoms with Crippen LogP contribution in [0.25, 0.3) is 0 Å². The molecule has 2 aromatic rings. The van der Waals surface area contributed by atoms with E-state index in [2.05, 4.69) is 0 Å². The molecular formula is C19H19NO5S. The second kappa shape index (κ2) is 8.05. The molecule has 7 heteroatoms. The lowest BCUT2D eigenvalue weighted by molar-refractivity contribution is -0.123. The normalized spacial score (nSPS) is 16.4. The van der Waals surface area contributed by atoms with E-state index in [0.717, 1.165) is 17.6 Å². The first-order valence-electron chi connectivity index (χ1n) is 7.90. The standard InChI is InChI=1S/C19H19NO5S/c1-22-14-10-6-9-13(16(14)23-2)17-15(21)18(19(20)24-17)25-26-11-12-7-4-3-5-8-12/h3-10,17H,11,20H2,1-2H3. The third-order valence-corrected chi connectivity index (χ3v) is 4.59. The minimum atomic E-state index is -0.924. The van der Waals surface area contributed by atoms with Gasteiger partial charge in [0.25, 0.3) is 0 Å². The molecule has 1 unspecified atom stereocenters. The Labute approximate surface area is 156 Å². The van der Waals surface area contributed by atoms with Crippen molar-refractivity contribution in [2.45, 2.75) is 11.9 Å². The molecule has 0 aliphatic carbocycles. The van der Waals surface area contributed by atoms with E-state index < -0.39 is 6.10 Å². The lowest BCUT2D eigenvalue weighted by Gasteiger charge is -2.16. The van der Waals surface area contributed by atoms with Gasteiger partial charge in [0, 0.05) is 5.56 Å². The molecule has 3 rings (SSSR count). The van der Waals surface area contributed by atoms with Gasteiger partial charge in [-0.05, 0) is 11.6 Å². The Morgan fingerprint density at radius 1 is 1.08 bits per heavy atom. The minimum absolute atomic E-state index is 0.0146. The van der Waals surface area contributed by atoms with E-state index in [4.69, 9.17) is 24.1 Å². The van der Waals surface area contributed by atoms with Gasteiger partial charge < -0.3 is 24.1 Å². The molecule has 1 heterocycles. The molecule has 0 fully saturated rings. The zero-order valence-corrected chi connectivity index (χ0v) is 15.2. The number of rotatable bonds is 7. The van der Waals surface area contributed by atoms with Crippen LogP contribution in [0.4, 0.5) is 0 Å². The van der Waals surface area contributed by atoms with Gasteiger partial charge in [-0.25, -0.2) is 0 Å². The summed E-state index contributed by atoms with van der Waals surface area (Å²) in [5.41, 5.74) is 7.48. The van der Waals surface area contributed by atoms with Crippen LogP contribution in [0, 0.1) is 0 Å². The summed E-state index contributed by atoms with van der Waals surface area (Å²) in [6, 6.07) is 15.0. The topological polar surface area (TPSA) is 80.0 Å². The van der Waals surface area contributed by atoms with Gasteiger partial charge in [-0.3, -0.25) is 4.79 Å². The maximum absolute atomic E-state index is 12.7. The summed E-state index contributed by atoms with van der Waals surface area (Å²) in [7, 11) is 3.03. The van der Waals surface area contributed by atoms with Gasteiger partial charge in [-0.15, -0.1) is 0 Å². The molecule has 6 nitrogen and oxygen atoms in total. The van der Waals surface area contributed by atoms with Crippen molar-refractivity contribution in [1.29, 1.82) is 0 Å². The second-order valence-corrected chi connectivity index (χ2v) is 6.16. The number of hydrogen-bond donors (Lipinski definition) is 1. The first kappa shape index (κ1) is 18.0. The van der Waals surface area contributed by atoms with Crippen molar-refractivity contribution in [3.05, 3.63) is 71.3 Å². The molecule has 0 amide bonds. The molecule has 1 atom stereocenters. The number of hydrogen-bond acceptors (Lipinski definition) is 7. The number of nitrogens with two attached hydrogens (primary N) is 1. The molecular weight excluding hydrogens is 354 g/mol. The van der Waals surface area contributed by atoms with Crippen LogP contribution in [0.15, 0.2) is 60.2 Å². The summed E-state index contributed by atoms with van der Waals surface area (Å²) in [5.74, 6) is 1.14. The zero-order valence-electron chi connectivity index (χ0n) is 14.4. The van der Waals surface area contributed by atoms with Gasteiger partial charge in [0.15, 0.2) is 17.6 Å². The number of benzene rings is 2. The fourth-order valence-corrected chi connectivity index (χ4v) is 3.28. The quantitative estimate of drug-likeness (QED) is 0.746. The minimum Gasteiger partial charge on any atom is -0.493 e. The summed E-state index contributed by atoms with van der Waals surface area (Å²) < 4.78 is 21.7. The van der Waals surface area contributed by atoms with Gasteiger partial charge in [0.1, 0.15) is 0 Å². The van der Waals surface area contributed by atoms with Crippen LogP contribution < -0.4 is 15.2 Å². The van der Waals surface area contributed by atoms with Crippen LogP contribution in [0.3, 0.4) is 0 Å². The summed E-state index contributed by atoms with van der Waals surface area (Å²) in [6.07, 6.45) is -0.924. The number of para-hydroxylation sites is 1. The fraction of sp³-hybridized carbons (Fsp3) is 0.211. The second-order valence-electron chi connectivity index (χ2n) is 5.47. The molecule has 2 aromatic carbocycles. The van der Waals surface area contributed by atoms with E-state index in [-0.39, 0.29) is 17.4 Å². The number of ether oxygens (including phenoxy) is 3. The SMILES string of the molecule is COc1cccc(C2OC(N)=C(OSCc3ccccc3)C2=O)c1OC. The summed E-state index contributed by atoms with van der Waals surface area (Å²) in [5, 5.41) is 0. The van der Waals surface area contributed by atoms with E-state index in [9.17, 15) is 4.79 Å². The third-order valence-electron chi connectivity index (χ3n) is 3.86. The van der Waals surface area contributed by atoms with Gasteiger partial charge in [0.05, 0.1) is 32.0 Å². The molecule has 136 valence electrons. The molecule has 0 radical (unpaired) electrons. The largest absolute Gasteiger partial charge is 0.493 e. The molecule has 26 heavy (non-hydrogen) atoms. The maximum atomic E-state index is 12.7. The highest BCUT2D eigenvalue weighted by atomic mass is 32.2. The van der Waals surface area contributed by atoms with Crippen molar-refractivity contribution in [2.24, 2.45) is 5.73 Å². The van der Waals surface area contributed by atoms with Gasteiger partial charge >= 0.3 is 0 Å². The number of methoxy groups -OCH3 is 2. The molecule has 0 bridgehead atoms. The van der Waals surface area contributed by atoms with E-state index in [1.165, 1.54) is 14.2 Å². The van der Waals surface area contributed by atoms with E-state index >= 15 is 0 Å². The molecule has 0 spiro atoms. The van der Waals surface area contributed by atoms with Crippen LogP contribution in [-0.2, 0) is 19.5 Å². The van der Waals surface area contributed by atoms with Crippen molar-refractivity contribution in [3.8, 4) is 11.5 Å². The number of ketones is 1. The lowest BCUT2D eigenvalue weighted by Crippen LogP contribution is -2.12. The fourth-order valence-electron chi connectivity index (χ4n) is 2.61. The Balaban J connectivity index is 1.72. The monoisotopic (exact) mass is 373 g/mol.